The van der Waals surface area contributed by atoms with Crippen LogP contribution in [0, 0.1) is 3.57 Å². The zero-order valence-corrected chi connectivity index (χ0v) is 9.89. The van der Waals surface area contributed by atoms with Gasteiger partial charge in [-0.05, 0) is 28.7 Å². The summed E-state index contributed by atoms with van der Waals surface area (Å²) in [5.74, 6) is 0.0613. The molecule has 0 atom stereocenters. The van der Waals surface area contributed by atoms with Crippen LogP contribution in [-0.4, -0.2) is 10.1 Å². The summed E-state index contributed by atoms with van der Waals surface area (Å²) in [6.45, 7) is -0.361. The Morgan fingerprint density at radius 1 is 1.57 bits per heavy atom. The van der Waals surface area contributed by atoms with Crippen LogP contribution in [-0.2, 0) is 12.5 Å². The van der Waals surface area contributed by atoms with Crippen LogP contribution in [0.4, 0.5) is 8.78 Å². The first-order valence-corrected chi connectivity index (χ1v) is 5.34. The summed E-state index contributed by atoms with van der Waals surface area (Å²) in [6.07, 6.45) is -2.57. The fraction of sp³-hybridized carbons (Fsp3) is 0.375. The van der Waals surface area contributed by atoms with E-state index in [4.69, 9.17) is 16.7 Å². The van der Waals surface area contributed by atoms with Gasteiger partial charge in [0.1, 0.15) is 0 Å². The van der Waals surface area contributed by atoms with E-state index in [0.29, 0.717) is 9.26 Å². The first kappa shape index (κ1) is 12.1. The second kappa shape index (κ2) is 5.18. The Balaban J connectivity index is 3.27. The Bertz CT molecular complexity index is 335. The van der Waals surface area contributed by atoms with Crippen LogP contribution in [0.3, 0.4) is 0 Å². The molecule has 0 aliphatic heterocycles. The van der Waals surface area contributed by atoms with E-state index in [9.17, 15) is 8.78 Å². The normalized spacial score (nSPS) is 11.0. The lowest BCUT2D eigenvalue weighted by Crippen LogP contribution is -2.02. The van der Waals surface area contributed by atoms with Gasteiger partial charge in [-0.1, -0.05) is 0 Å². The Kier molecular flexibility index (Phi) is 4.46. The van der Waals surface area contributed by atoms with E-state index in [-0.39, 0.29) is 23.7 Å². The molecule has 0 fully saturated rings. The number of nitrogens with zero attached hydrogens (tertiary/aromatic N) is 1. The summed E-state index contributed by atoms with van der Waals surface area (Å²) in [5.41, 5.74) is 0.478. The molecule has 1 rings (SSSR count). The van der Waals surface area contributed by atoms with Crippen LogP contribution < -0.4 is 0 Å². The number of alkyl halides is 3. The van der Waals surface area contributed by atoms with E-state index >= 15 is 0 Å². The highest BCUT2D eigenvalue weighted by Crippen LogP contribution is 2.27. The molecule has 1 aromatic heterocycles. The Hall–Kier alpha value is -0.0100. The number of aliphatic hydroxyl groups excluding tert-OH is 1. The van der Waals surface area contributed by atoms with E-state index in [1.807, 2.05) is 0 Å². The van der Waals surface area contributed by atoms with Crippen molar-refractivity contribution in [3.8, 4) is 0 Å². The second-order valence-corrected chi connectivity index (χ2v) is 3.90. The molecule has 0 aromatic carbocycles. The van der Waals surface area contributed by atoms with Crippen LogP contribution in [0.25, 0.3) is 0 Å². The lowest BCUT2D eigenvalue weighted by Gasteiger charge is -2.08. The summed E-state index contributed by atoms with van der Waals surface area (Å²) < 4.78 is 25.4. The van der Waals surface area contributed by atoms with Gasteiger partial charge in [-0.2, -0.15) is 0 Å². The molecule has 1 heterocycles. The quantitative estimate of drug-likeness (QED) is 0.681. The maximum atomic E-state index is 12.5. The van der Waals surface area contributed by atoms with E-state index in [1.165, 1.54) is 6.07 Å². The van der Waals surface area contributed by atoms with E-state index in [1.54, 1.807) is 22.6 Å². The fourth-order valence-electron chi connectivity index (χ4n) is 0.993. The lowest BCUT2D eigenvalue weighted by atomic mass is 10.2. The average Bonchev–Trinajstić information content (AvgIpc) is 2.17. The van der Waals surface area contributed by atoms with Crippen molar-refractivity contribution in [1.82, 2.24) is 4.98 Å². The molecule has 0 spiro atoms. The summed E-state index contributed by atoms with van der Waals surface area (Å²) in [5, 5.41) is 8.80. The Labute approximate surface area is 98.4 Å². The number of aromatic nitrogens is 1. The smallest absolute Gasteiger partial charge is 0.265 e. The van der Waals surface area contributed by atoms with Gasteiger partial charge in [0.15, 0.2) is 0 Å². The number of halogens is 4. The van der Waals surface area contributed by atoms with Gasteiger partial charge in [0.25, 0.3) is 6.43 Å². The molecule has 0 aliphatic rings. The van der Waals surface area contributed by atoms with Gasteiger partial charge in [0.05, 0.1) is 23.9 Å². The number of hydrogen-bond acceptors (Lipinski definition) is 2. The Morgan fingerprint density at radius 2 is 2.21 bits per heavy atom. The minimum atomic E-state index is -2.57. The highest BCUT2D eigenvalue weighted by atomic mass is 127. The standard InChI is InChI=1S/C8H7ClF2INO/c9-2-6-7(12)5(8(10)11)1-4(3-14)13-6/h1,8,14H,2-3H2. The highest BCUT2D eigenvalue weighted by molar-refractivity contribution is 14.1. The summed E-state index contributed by atoms with van der Waals surface area (Å²) in [4.78, 5) is 3.93. The Morgan fingerprint density at radius 3 is 2.64 bits per heavy atom. The van der Waals surface area contributed by atoms with Crippen molar-refractivity contribution in [1.29, 1.82) is 0 Å². The summed E-state index contributed by atoms with van der Waals surface area (Å²) in [6, 6.07) is 1.20. The third kappa shape index (κ3) is 2.52. The van der Waals surface area contributed by atoms with Gasteiger partial charge >= 0.3 is 0 Å². The molecule has 0 unspecified atom stereocenters. The predicted molar refractivity (Wildman–Crippen MR) is 57.4 cm³/mol. The van der Waals surface area contributed by atoms with Crippen LogP contribution in [0.15, 0.2) is 6.07 Å². The number of aliphatic hydroxyl groups is 1. The zero-order chi connectivity index (χ0) is 10.7. The summed E-state index contributed by atoms with van der Waals surface area (Å²) >= 11 is 7.32. The topological polar surface area (TPSA) is 33.1 Å². The van der Waals surface area contributed by atoms with Crippen LogP contribution >= 0.6 is 34.2 Å². The van der Waals surface area contributed by atoms with Crippen LogP contribution in [0.1, 0.15) is 23.4 Å². The second-order valence-electron chi connectivity index (χ2n) is 2.56. The molecule has 78 valence electrons. The predicted octanol–water partition coefficient (Wildman–Crippen LogP) is 2.85. The first-order valence-electron chi connectivity index (χ1n) is 3.73. The van der Waals surface area contributed by atoms with E-state index in [0.717, 1.165) is 0 Å². The third-order valence-electron chi connectivity index (χ3n) is 1.63. The molecule has 1 N–H and O–H groups in total. The van der Waals surface area contributed by atoms with Crippen molar-refractivity contribution in [2.24, 2.45) is 0 Å². The van der Waals surface area contributed by atoms with Crippen molar-refractivity contribution >= 4 is 34.2 Å². The minimum absolute atomic E-state index is 0.0613. The van der Waals surface area contributed by atoms with Gasteiger partial charge in [-0.3, -0.25) is 4.98 Å². The van der Waals surface area contributed by atoms with Crippen molar-refractivity contribution in [3.05, 3.63) is 26.6 Å². The van der Waals surface area contributed by atoms with E-state index < -0.39 is 6.43 Å². The maximum Gasteiger partial charge on any atom is 0.265 e. The van der Waals surface area contributed by atoms with E-state index in [2.05, 4.69) is 4.98 Å². The van der Waals surface area contributed by atoms with Crippen LogP contribution in [0.5, 0.6) is 0 Å². The monoisotopic (exact) mass is 333 g/mol. The largest absolute Gasteiger partial charge is 0.390 e. The first-order chi connectivity index (χ1) is 6.60. The summed E-state index contributed by atoms with van der Waals surface area (Å²) in [7, 11) is 0. The van der Waals surface area contributed by atoms with Gasteiger partial charge in [0.2, 0.25) is 0 Å². The molecule has 0 radical (unpaired) electrons. The van der Waals surface area contributed by atoms with Crippen molar-refractivity contribution < 1.29 is 13.9 Å². The molecule has 0 saturated heterocycles. The highest BCUT2D eigenvalue weighted by Gasteiger charge is 2.16. The third-order valence-corrected chi connectivity index (χ3v) is 3.13. The van der Waals surface area contributed by atoms with Crippen molar-refractivity contribution in [2.75, 3.05) is 0 Å². The zero-order valence-electron chi connectivity index (χ0n) is 6.98. The molecular formula is C8H7ClF2INO. The van der Waals surface area contributed by atoms with Gasteiger partial charge in [-0.25, -0.2) is 8.78 Å². The minimum Gasteiger partial charge on any atom is -0.390 e. The van der Waals surface area contributed by atoms with Crippen molar-refractivity contribution in [3.63, 3.8) is 0 Å². The number of rotatable bonds is 3. The average molecular weight is 334 g/mol. The lowest BCUT2D eigenvalue weighted by molar-refractivity contribution is 0.149. The molecule has 0 aliphatic carbocycles. The van der Waals surface area contributed by atoms with Gasteiger partial charge < -0.3 is 5.11 Å². The molecule has 6 heteroatoms. The molecule has 0 amide bonds. The molecule has 2 nitrogen and oxygen atoms in total. The van der Waals surface area contributed by atoms with Gasteiger partial charge in [0, 0.05) is 9.13 Å². The fourth-order valence-corrected chi connectivity index (χ4v) is 2.11. The van der Waals surface area contributed by atoms with Crippen molar-refractivity contribution in [2.45, 2.75) is 18.9 Å². The van der Waals surface area contributed by atoms with Gasteiger partial charge in [-0.15, -0.1) is 11.6 Å². The van der Waals surface area contributed by atoms with Crippen LogP contribution in [0.2, 0.25) is 0 Å². The number of hydrogen-bond donors (Lipinski definition) is 1. The molecule has 0 saturated carbocycles. The molecule has 14 heavy (non-hydrogen) atoms. The number of pyridine rings is 1. The SMILES string of the molecule is OCc1cc(C(F)F)c(I)c(CCl)n1. The molecular weight excluding hydrogens is 326 g/mol. The molecule has 1 aromatic rings. The maximum absolute atomic E-state index is 12.5. The molecule has 0 bridgehead atoms.